The first kappa shape index (κ1) is 17.8. The highest BCUT2D eigenvalue weighted by atomic mass is 32.1. The van der Waals surface area contributed by atoms with Crippen molar-refractivity contribution >= 4 is 17.4 Å². The van der Waals surface area contributed by atoms with Gasteiger partial charge in [-0.05, 0) is 41.3 Å². The van der Waals surface area contributed by atoms with Gasteiger partial charge < -0.3 is 14.8 Å². The van der Waals surface area contributed by atoms with E-state index in [4.69, 9.17) is 9.47 Å². The summed E-state index contributed by atoms with van der Waals surface area (Å²) in [5, 5.41) is 6.56. The average Bonchev–Trinajstić information content (AvgIpc) is 3.24. The van der Waals surface area contributed by atoms with Crippen LogP contribution in [0.5, 0.6) is 11.5 Å². The van der Waals surface area contributed by atoms with E-state index in [-0.39, 0.29) is 6.04 Å². The molecule has 1 atom stereocenters. The van der Waals surface area contributed by atoms with E-state index in [1.165, 1.54) is 11.1 Å². The molecule has 27 heavy (non-hydrogen) atoms. The third-order valence-electron chi connectivity index (χ3n) is 4.64. The van der Waals surface area contributed by atoms with Crippen LogP contribution in [0.15, 0.2) is 60.1 Å². The Hall–Kier alpha value is -2.63. The van der Waals surface area contributed by atoms with Gasteiger partial charge in [-0.25, -0.2) is 4.98 Å². The molecule has 1 aromatic heterocycles. The molecule has 2 aromatic carbocycles. The van der Waals surface area contributed by atoms with Gasteiger partial charge in [0.25, 0.3) is 0 Å². The average molecular weight is 378 g/mol. The first-order valence-electron chi connectivity index (χ1n) is 9.02. The van der Waals surface area contributed by atoms with Gasteiger partial charge in [0.2, 0.25) is 0 Å². The van der Waals surface area contributed by atoms with Crippen molar-refractivity contribution in [1.82, 2.24) is 10.3 Å². The van der Waals surface area contributed by atoms with Crippen LogP contribution in [0.25, 0.3) is 6.08 Å². The fraction of sp³-hybridized carbons (Fsp3) is 0.227. The van der Waals surface area contributed by atoms with Crippen LogP contribution in [0.2, 0.25) is 0 Å². The molecule has 0 radical (unpaired) electrons. The lowest BCUT2D eigenvalue weighted by molar-refractivity contribution is 0.283. The molecule has 5 heteroatoms. The van der Waals surface area contributed by atoms with Gasteiger partial charge in [0.15, 0.2) is 11.5 Å². The van der Waals surface area contributed by atoms with Gasteiger partial charge in [-0.2, -0.15) is 0 Å². The molecular formula is C22H22N2O2S. The quantitative estimate of drug-likeness (QED) is 0.679. The van der Waals surface area contributed by atoms with Gasteiger partial charge in [-0.15, -0.1) is 11.3 Å². The van der Waals surface area contributed by atoms with Crippen LogP contribution in [0, 0.1) is 0 Å². The maximum absolute atomic E-state index is 6.06. The highest BCUT2D eigenvalue weighted by Gasteiger charge is 2.21. The Bertz CT molecular complexity index is 908. The third-order valence-corrected chi connectivity index (χ3v) is 5.38. The van der Waals surface area contributed by atoms with Crippen molar-refractivity contribution in [2.45, 2.75) is 19.1 Å². The summed E-state index contributed by atoms with van der Waals surface area (Å²) in [6.45, 7) is 1.46. The number of fused-ring (bicyclic) bond motifs is 1. The van der Waals surface area contributed by atoms with Crippen LogP contribution in [-0.4, -0.2) is 18.6 Å². The number of nitrogens with zero attached hydrogens (tertiary/aromatic N) is 1. The van der Waals surface area contributed by atoms with Crippen LogP contribution in [-0.2, 0) is 13.0 Å². The summed E-state index contributed by atoms with van der Waals surface area (Å²) < 4.78 is 11.7. The Balaban J connectivity index is 1.57. The largest absolute Gasteiger partial charge is 0.493 e. The summed E-state index contributed by atoms with van der Waals surface area (Å²) in [5.41, 5.74) is 3.67. The number of benzene rings is 2. The summed E-state index contributed by atoms with van der Waals surface area (Å²) in [7, 11) is 1.69. The number of hydrogen-bond acceptors (Lipinski definition) is 5. The molecule has 2 heterocycles. The maximum Gasteiger partial charge on any atom is 0.161 e. The molecule has 0 spiro atoms. The molecule has 0 bridgehead atoms. The van der Waals surface area contributed by atoms with Crippen molar-refractivity contribution < 1.29 is 9.47 Å². The van der Waals surface area contributed by atoms with Crippen molar-refractivity contribution in [3.8, 4) is 11.5 Å². The molecule has 138 valence electrons. The topological polar surface area (TPSA) is 43.4 Å². The summed E-state index contributed by atoms with van der Waals surface area (Å²) in [4.78, 5) is 4.32. The summed E-state index contributed by atoms with van der Waals surface area (Å²) in [6, 6.07) is 14.6. The van der Waals surface area contributed by atoms with Crippen LogP contribution in [0.1, 0.15) is 27.7 Å². The van der Waals surface area contributed by atoms with E-state index in [0.29, 0.717) is 6.61 Å². The minimum absolute atomic E-state index is 0.148. The SMILES string of the molecule is COc1cc2c(cc1OCc1ccccc1)CCNC2/C=C/c1nccs1. The van der Waals surface area contributed by atoms with Crippen molar-refractivity contribution in [2.24, 2.45) is 0 Å². The first-order valence-corrected chi connectivity index (χ1v) is 9.90. The van der Waals surface area contributed by atoms with E-state index in [1.807, 2.05) is 29.8 Å². The van der Waals surface area contributed by atoms with Crippen molar-refractivity contribution in [3.63, 3.8) is 0 Å². The Labute approximate surface area is 163 Å². The molecule has 1 aliphatic heterocycles. The van der Waals surface area contributed by atoms with Gasteiger partial charge in [0.1, 0.15) is 11.6 Å². The smallest absolute Gasteiger partial charge is 0.161 e. The fourth-order valence-electron chi connectivity index (χ4n) is 3.27. The molecule has 4 rings (SSSR count). The summed E-state index contributed by atoms with van der Waals surface area (Å²) in [6.07, 6.45) is 7.04. The van der Waals surface area contributed by atoms with E-state index in [0.717, 1.165) is 35.0 Å². The lowest BCUT2D eigenvalue weighted by atomic mass is 9.93. The number of nitrogens with one attached hydrogen (secondary N) is 1. The molecule has 0 amide bonds. The highest BCUT2D eigenvalue weighted by molar-refractivity contribution is 7.10. The molecular weight excluding hydrogens is 356 g/mol. The van der Waals surface area contributed by atoms with Gasteiger partial charge in [-0.3, -0.25) is 0 Å². The lowest BCUT2D eigenvalue weighted by Gasteiger charge is -2.26. The molecule has 1 unspecified atom stereocenters. The summed E-state index contributed by atoms with van der Waals surface area (Å²) in [5.74, 6) is 1.56. The molecule has 0 fully saturated rings. The predicted octanol–water partition coefficient (Wildman–Crippen LogP) is 4.63. The van der Waals surface area contributed by atoms with E-state index >= 15 is 0 Å². The number of aromatic nitrogens is 1. The zero-order chi connectivity index (χ0) is 18.5. The second kappa shape index (κ2) is 8.37. The lowest BCUT2D eigenvalue weighted by Crippen LogP contribution is -2.28. The summed E-state index contributed by atoms with van der Waals surface area (Å²) >= 11 is 1.64. The van der Waals surface area contributed by atoms with Crippen molar-refractivity contribution in [2.75, 3.05) is 13.7 Å². The zero-order valence-corrected chi connectivity index (χ0v) is 16.0. The van der Waals surface area contributed by atoms with Gasteiger partial charge in [0, 0.05) is 18.1 Å². The highest BCUT2D eigenvalue weighted by Crippen LogP contribution is 2.36. The van der Waals surface area contributed by atoms with Crippen molar-refractivity contribution in [3.05, 3.63) is 81.8 Å². The molecule has 3 aromatic rings. The van der Waals surface area contributed by atoms with Crippen LogP contribution < -0.4 is 14.8 Å². The Morgan fingerprint density at radius 3 is 2.89 bits per heavy atom. The predicted molar refractivity (Wildman–Crippen MR) is 109 cm³/mol. The minimum atomic E-state index is 0.148. The van der Waals surface area contributed by atoms with Crippen LogP contribution in [0.4, 0.5) is 0 Å². The van der Waals surface area contributed by atoms with Gasteiger partial charge >= 0.3 is 0 Å². The number of ether oxygens (including phenoxy) is 2. The van der Waals surface area contributed by atoms with E-state index in [9.17, 15) is 0 Å². The second-order valence-electron chi connectivity index (χ2n) is 6.39. The molecule has 0 saturated heterocycles. The normalized spacial score (nSPS) is 16.3. The Morgan fingerprint density at radius 2 is 2.11 bits per heavy atom. The number of rotatable bonds is 6. The molecule has 0 saturated carbocycles. The number of methoxy groups -OCH3 is 1. The van der Waals surface area contributed by atoms with E-state index in [2.05, 4.69) is 46.7 Å². The zero-order valence-electron chi connectivity index (χ0n) is 15.2. The minimum Gasteiger partial charge on any atom is -0.493 e. The monoisotopic (exact) mass is 378 g/mol. The molecule has 4 nitrogen and oxygen atoms in total. The van der Waals surface area contributed by atoms with Crippen LogP contribution >= 0.6 is 11.3 Å². The van der Waals surface area contributed by atoms with E-state index in [1.54, 1.807) is 18.4 Å². The number of hydrogen-bond donors (Lipinski definition) is 1. The van der Waals surface area contributed by atoms with Gasteiger partial charge in [-0.1, -0.05) is 36.4 Å². The van der Waals surface area contributed by atoms with Crippen molar-refractivity contribution in [1.29, 1.82) is 0 Å². The Kier molecular flexibility index (Phi) is 5.51. The maximum atomic E-state index is 6.06. The standard InChI is InChI=1S/C22H22N2O2S/c1-25-20-14-18-17(13-21(20)26-15-16-5-3-2-4-6-16)9-10-23-19(18)7-8-22-24-11-12-27-22/h2-8,11-14,19,23H,9-10,15H2,1H3/b8-7+. The van der Waals surface area contributed by atoms with Crippen LogP contribution in [0.3, 0.4) is 0 Å². The Morgan fingerprint density at radius 1 is 1.22 bits per heavy atom. The molecule has 1 N–H and O–H groups in total. The first-order chi connectivity index (χ1) is 13.3. The third kappa shape index (κ3) is 4.21. The molecule has 1 aliphatic rings. The second-order valence-corrected chi connectivity index (χ2v) is 7.31. The number of thiazole rings is 1. The van der Waals surface area contributed by atoms with Gasteiger partial charge in [0.05, 0.1) is 13.2 Å². The van der Waals surface area contributed by atoms with E-state index < -0.39 is 0 Å². The molecule has 0 aliphatic carbocycles. The fourth-order valence-corrected chi connectivity index (χ4v) is 3.81.